The molecule has 0 heterocycles. The summed E-state index contributed by atoms with van der Waals surface area (Å²) in [4.78, 5) is 23.6. The first-order valence-electron chi connectivity index (χ1n) is 8.63. The minimum atomic E-state index is -0.713. The Hall–Kier alpha value is -3.02. The van der Waals surface area contributed by atoms with Gasteiger partial charge in [0.15, 0.2) is 0 Å². The maximum Gasteiger partial charge on any atom is 0.312 e. The summed E-state index contributed by atoms with van der Waals surface area (Å²) < 4.78 is 5.72. The van der Waals surface area contributed by atoms with Crippen LogP contribution in [0.1, 0.15) is 25.8 Å². The number of hydrogen-bond acceptors (Lipinski definition) is 3. The van der Waals surface area contributed by atoms with Gasteiger partial charge in [-0.05, 0) is 35.7 Å². The number of carbonyl (C=O) groups is 2. The van der Waals surface area contributed by atoms with Gasteiger partial charge in [0.2, 0.25) is 5.91 Å². The molecular formula is C20H25N3O3. The fraction of sp³-hybridized carbons (Fsp3) is 0.300. The van der Waals surface area contributed by atoms with Crippen molar-refractivity contribution in [1.82, 2.24) is 5.32 Å². The summed E-state index contributed by atoms with van der Waals surface area (Å²) in [6.45, 7) is 4.32. The lowest BCUT2D eigenvalue weighted by Crippen LogP contribution is -2.49. The summed E-state index contributed by atoms with van der Waals surface area (Å²) in [6.07, 6.45) is 0.741. The number of rotatable bonds is 8. The van der Waals surface area contributed by atoms with Crippen LogP contribution in [-0.4, -0.2) is 18.0 Å². The molecule has 6 heteroatoms. The van der Waals surface area contributed by atoms with Gasteiger partial charge in [0, 0.05) is 5.69 Å². The zero-order valence-corrected chi connectivity index (χ0v) is 15.1. The summed E-state index contributed by atoms with van der Waals surface area (Å²) in [7, 11) is 0. The molecule has 6 nitrogen and oxygen atoms in total. The van der Waals surface area contributed by atoms with E-state index < -0.39 is 12.1 Å². The molecule has 4 N–H and O–H groups in total. The molecule has 0 spiro atoms. The van der Waals surface area contributed by atoms with Crippen molar-refractivity contribution in [2.75, 3.05) is 5.32 Å². The second kappa shape index (κ2) is 9.46. The van der Waals surface area contributed by atoms with Crippen molar-refractivity contribution in [3.8, 4) is 5.75 Å². The third-order valence-electron chi connectivity index (χ3n) is 4.16. The number of primary amides is 1. The molecular weight excluding hydrogens is 330 g/mol. The molecule has 0 saturated carbocycles. The Bertz CT molecular complexity index is 717. The summed E-state index contributed by atoms with van der Waals surface area (Å²) in [5, 5.41) is 5.30. The summed E-state index contributed by atoms with van der Waals surface area (Å²) >= 11 is 0. The molecule has 0 unspecified atom stereocenters. The van der Waals surface area contributed by atoms with E-state index in [1.54, 1.807) is 24.3 Å². The van der Waals surface area contributed by atoms with Crippen LogP contribution in [0.2, 0.25) is 0 Å². The van der Waals surface area contributed by atoms with Crippen molar-refractivity contribution in [3.63, 3.8) is 0 Å². The summed E-state index contributed by atoms with van der Waals surface area (Å²) in [5.41, 5.74) is 6.88. The molecule has 2 aromatic carbocycles. The van der Waals surface area contributed by atoms with E-state index in [4.69, 9.17) is 10.5 Å². The zero-order valence-electron chi connectivity index (χ0n) is 15.1. The van der Waals surface area contributed by atoms with Crippen LogP contribution < -0.4 is 21.1 Å². The van der Waals surface area contributed by atoms with Gasteiger partial charge in [0.1, 0.15) is 18.4 Å². The molecule has 2 rings (SSSR count). The van der Waals surface area contributed by atoms with E-state index in [-0.39, 0.29) is 11.8 Å². The number of nitrogens with one attached hydrogen (secondary N) is 2. The Kier molecular flexibility index (Phi) is 7.02. The number of nitrogens with two attached hydrogens (primary N) is 1. The molecule has 2 aromatic rings. The largest absolute Gasteiger partial charge is 0.489 e. The first kappa shape index (κ1) is 19.3. The third-order valence-corrected chi connectivity index (χ3v) is 4.16. The molecule has 0 aromatic heterocycles. The van der Waals surface area contributed by atoms with E-state index in [1.165, 1.54) is 0 Å². The number of ether oxygens (including phenoxy) is 1. The number of hydrogen-bond donors (Lipinski definition) is 3. The van der Waals surface area contributed by atoms with Gasteiger partial charge in [0.25, 0.3) is 0 Å². The van der Waals surface area contributed by atoms with E-state index in [0.29, 0.717) is 18.0 Å². The molecule has 2 atom stereocenters. The smallest absolute Gasteiger partial charge is 0.312 e. The molecule has 3 amide bonds. The number of urea groups is 1. The van der Waals surface area contributed by atoms with E-state index in [1.807, 2.05) is 44.2 Å². The predicted octanol–water partition coefficient (Wildman–Crippen LogP) is 3.29. The van der Waals surface area contributed by atoms with Crippen LogP contribution in [0.15, 0.2) is 54.6 Å². The second-order valence-electron chi connectivity index (χ2n) is 6.16. The molecule has 26 heavy (non-hydrogen) atoms. The minimum absolute atomic E-state index is 0.0315. The van der Waals surface area contributed by atoms with Gasteiger partial charge >= 0.3 is 6.03 Å². The number of benzene rings is 2. The Balaban J connectivity index is 1.94. The average molecular weight is 355 g/mol. The maximum absolute atomic E-state index is 12.4. The number of carbonyl (C=O) groups excluding carboxylic acids is 2. The van der Waals surface area contributed by atoms with Crippen LogP contribution in [-0.2, 0) is 11.4 Å². The predicted molar refractivity (Wildman–Crippen MR) is 102 cm³/mol. The quantitative estimate of drug-likeness (QED) is 0.678. The highest BCUT2D eigenvalue weighted by atomic mass is 16.5. The zero-order chi connectivity index (χ0) is 18.9. The highest BCUT2D eigenvalue weighted by Crippen LogP contribution is 2.18. The van der Waals surface area contributed by atoms with Gasteiger partial charge < -0.3 is 21.1 Å². The van der Waals surface area contributed by atoms with Crippen molar-refractivity contribution >= 4 is 17.6 Å². The van der Waals surface area contributed by atoms with Crippen molar-refractivity contribution in [2.45, 2.75) is 32.9 Å². The van der Waals surface area contributed by atoms with Crippen LogP contribution in [0.5, 0.6) is 5.75 Å². The second-order valence-corrected chi connectivity index (χ2v) is 6.16. The van der Waals surface area contributed by atoms with Crippen molar-refractivity contribution in [1.29, 1.82) is 0 Å². The van der Waals surface area contributed by atoms with E-state index in [9.17, 15) is 9.59 Å². The molecule has 0 bridgehead atoms. The Morgan fingerprint density at radius 3 is 2.31 bits per heavy atom. The molecule has 0 aliphatic carbocycles. The van der Waals surface area contributed by atoms with Crippen LogP contribution in [0.3, 0.4) is 0 Å². The topological polar surface area (TPSA) is 93.5 Å². The standard InChI is InChI=1S/C20H25N3O3/c1-3-14(2)18(23-20(21)25)19(24)22-16-9-11-17(12-10-16)26-13-15-7-5-4-6-8-15/h4-12,14,18H,3,13H2,1-2H3,(H,22,24)(H3,21,23,25)/t14-,18-/m0/s1. The van der Waals surface area contributed by atoms with Crippen molar-refractivity contribution in [2.24, 2.45) is 11.7 Å². The average Bonchev–Trinajstić information content (AvgIpc) is 2.65. The van der Waals surface area contributed by atoms with E-state index >= 15 is 0 Å². The monoisotopic (exact) mass is 355 g/mol. The minimum Gasteiger partial charge on any atom is -0.489 e. The van der Waals surface area contributed by atoms with Crippen molar-refractivity contribution < 1.29 is 14.3 Å². The van der Waals surface area contributed by atoms with Crippen LogP contribution in [0.25, 0.3) is 0 Å². The lowest BCUT2D eigenvalue weighted by atomic mass is 9.98. The molecule has 138 valence electrons. The molecule has 0 aliphatic heterocycles. The normalized spacial score (nSPS) is 12.7. The Morgan fingerprint density at radius 1 is 1.08 bits per heavy atom. The number of anilines is 1. The Labute approximate surface area is 153 Å². The maximum atomic E-state index is 12.4. The Morgan fingerprint density at radius 2 is 1.73 bits per heavy atom. The van der Waals surface area contributed by atoms with Gasteiger partial charge in [-0.3, -0.25) is 4.79 Å². The van der Waals surface area contributed by atoms with Crippen LogP contribution in [0, 0.1) is 5.92 Å². The summed E-state index contributed by atoms with van der Waals surface area (Å²) in [6, 6.07) is 15.6. The molecule has 0 saturated heterocycles. The van der Waals surface area contributed by atoms with Gasteiger partial charge in [-0.2, -0.15) is 0 Å². The lowest BCUT2D eigenvalue weighted by Gasteiger charge is -2.22. The lowest BCUT2D eigenvalue weighted by molar-refractivity contribution is -0.119. The fourth-order valence-electron chi connectivity index (χ4n) is 2.45. The molecule has 0 aliphatic rings. The van der Waals surface area contributed by atoms with E-state index in [2.05, 4.69) is 10.6 Å². The van der Waals surface area contributed by atoms with Gasteiger partial charge in [-0.25, -0.2) is 4.79 Å². The highest BCUT2D eigenvalue weighted by Gasteiger charge is 2.25. The molecule has 0 fully saturated rings. The summed E-state index contributed by atoms with van der Waals surface area (Å²) in [5.74, 6) is 0.382. The molecule has 0 radical (unpaired) electrons. The van der Waals surface area contributed by atoms with Gasteiger partial charge in [-0.15, -0.1) is 0 Å². The first-order chi connectivity index (χ1) is 12.5. The highest BCUT2D eigenvalue weighted by molar-refractivity contribution is 5.97. The van der Waals surface area contributed by atoms with Crippen LogP contribution >= 0.6 is 0 Å². The van der Waals surface area contributed by atoms with Gasteiger partial charge in [-0.1, -0.05) is 50.6 Å². The first-order valence-corrected chi connectivity index (χ1v) is 8.63. The van der Waals surface area contributed by atoms with Crippen molar-refractivity contribution in [3.05, 3.63) is 60.2 Å². The number of amides is 3. The van der Waals surface area contributed by atoms with Gasteiger partial charge in [0.05, 0.1) is 0 Å². The fourth-order valence-corrected chi connectivity index (χ4v) is 2.45. The van der Waals surface area contributed by atoms with Crippen LogP contribution in [0.4, 0.5) is 10.5 Å². The van der Waals surface area contributed by atoms with E-state index in [0.717, 1.165) is 12.0 Å². The SMILES string of the molecule is CC[C@H](C)[C@H](NC(N)=O)C(=O)Nc1ccc(OCc2ccccc2)cc1. The third kappa shape index (κ3) is 5.81.